The van der Waals surface area contributed by atoms with E-state index in [1.165, 1.54) is 12.7 Å². The smallest absolute Gasteiger partial charge is 0.275 e. The van der Waals surface area contributed by atoms with Crippen molar-refractivity contribution in [3.05, 3.63) is 42.7 Å². The Hall–Kier alpha value is -2.41. The first-order valence-corrected chi connectivity index (χ1v) is 8.13. The fourth-order valence-electron chi connectivity index (χ4n) is 3.50. The molecule has 2 fully saturated rings. The number of rotatable bonds is 3. The summed E-state index contributed by atoms with van der Waals surface area (Å²) in [5, 5.41) is 0. The lowest BCUT2D eigenvalue weighted by atomic mass is 9.89. The van der Waals surface area contributed by atoms with Crippen LogP contribution in [0.4, 0.5) is 0 Å². The average Bonchev–Trinajstić information content (AvgIpc) is 3.26. The van der Waals surface area contributed by atoms with Gasteiger partial charge in [-0.3, -0.25) is 4.79 Å². The third-order valence-corrected chi connectivity index (χ3v) is 4.58. The number of carbonyl (C=O) groups excluding carboxylic acids is 1. The van der Waals surface area contributed by atoms with Crippen LogP contribution in [0.25, 0.3) is 0 Å². The van der Waals surface area contributed by atoms with Crippen LogP contribution in [0.3, 0.4) is 0 Å². The molecule has 2 aliphatic heterocycles. The number of hydrogen-bond acceptors (Lipinski definition) is 6. The van der Waals surface area contributed by atoms with Crippen molar-refractivity contribution in [2.45, 2.75) is 31.0 Å². The molecule has 7 heteroatoms. The van der Waals surface area contributed by atoms with Crippen LogP contribution in [0, 0.1) is 0 Å². The molecule has 2 atom stereocenters. The molecule has 7 nitrogen and oxygen atoms in total. The molecule has 0 aliphatic carbocycles. The molecular formula is C17H19N3O4. The lowest BCUT2D eigenvalue weighted by molar-refractivity contribution is -0.0454. The first-order valence-electron chi connectivity index (χ1n) is 8.13. The van der Waals surface area contributed by atoms with E-state index < -0.39 is 0 Å². The van der Waals surface area contributed by atoms with Gasteiger partial charge < -0.3 is 18.8 Å². The summed E-state index contributed by atoms with van der Waals surface area (Å²) in [7, 11) is 0. The van der Waals surface area contributed by atoms with Crippen LogP contribution in [-0.2, 0) is 4.74 Å². The molecule has 1 amide bonds. The first kappa shape index (κ1) is 15.1. The van der Waals surface area contributed by atoms with Crippen molar-refractivity contribution in [3.63, 3.8) is 0 Å². The quantitative estimate of drug-likeness (QED) is 0.856. The van der Waals surface area contributed by atoms with E-state index >= 15 is 0 Å². The van der Waals surface area contributed by atoms with Gasteiger partial charge in [-0.2, -0.15) is 0 Å². The lowest BCUT2D eigenvalue weighted by Gasteiger charge is -2.39. The number of carbonyl (C=O) groups is 1. The van der Waals surface area contributed by atoms with Crippen LogP contribution in [0.2, 0.25) is 0 Å². The number of oxazole rings is 1. The monoisotopic (exact) mass is 329 g/mol. The summed E-state index contributed by atoms with van der Waals surface area (Å²) < 4.78 is 16.9. The molecule has 0 aromatic carbocycles. The highest BCUT2D eigenvalue weighted by Gasteiger charge is 2.45. The Balaban J connectivity index is 1.41. The zero-order chi connectivity index (χ0) is 16.4. The van der Waals surface area contributed by atoms with Gasteiger partial charge in [0.2, 0.25) is 5.88 Å². The summed E-state index contributed by atoms with van der Waals surface area (Å²) in [5.41, 5.74) is 0.00298. The number of aromatic nitrogens is 2. The highest BCUT2D eigenvalue weighted by atomic mass is 16.6. The number of amides is 1. The number of pyridine rings is 1. The molecule has 4 heterocycles. The fourth-order valence-corrected chi connectivity index (χ4v) is 3.50. The Morgan fingerprint density at radius 2 is 2.33 bits per heavy atom. The predicted octanol–water partition coefficient (Wildman–Crippen LogP) is 1.91. The second-order valence-corrected chi connectivity index (χ2v) is 6.31. The van der Waals surface area contributed by atoms with Gasteiger partial charge in [0.25, 0.3) is 5.91 Å². The maximum absolute atomic E-state index is 12.5. The van der Waals surface area contributed by atoms with Gasteiger partial charge in [0.1, 0.15) is 12.4 Å². The second-order valence-electron chi connectivity index (χ2n) is 6.31. The molecule has 0 bridgehead atoms. The van der Waals surface area contributed by atoms with Crippen molar-refractivity contribution in [2.75, 3.05) is 19.7 Å². The molecule has 0 N–H and O–H groups in total. The summed E-state index contributed by atoms with van der Waals surface area (Å²) in [6.45, 7) is 1.78. The molecule has 0 saturated carbocycles. The van der Waals surface area contributed by atoms with Crippen molar-refractivity contribution in [2.24, 2.45) is 0 Å². The van der Waals surface area contributed by atoms with Crippen LogP contribution in [0.5, 0.6) is 5.88 Å². The Kier molecular flexibility index (Phi) is 3.93. The molecule has 2 aromatic heterocycles. The molecule has 2 aliphatic rings. The van der Waals surface area contributed by atoms with Gasteiger partial charge in [-0.25, -0.2) is 9.97 Å². The van der Waals surface area contributed by atoms with Crippen molar-refractivity contribution in [3.8, 4) is 5.88 Å². The predicted molar refractivity (Wildman–Crippen MR) is 83.6 cm³/mol. The molecule has 0 unspecified atom stereocenters. The average molecular weight is 329 g/mol. The number of ether oxygens (including phenoxy) is 2. The van der Waals surface area contributed by atoms with Crippen molar-refractivity contribution in [1.29, 1.82) is 0 Å². The van der Waals surface area contributed by atoms with E-state index in [9.17, 15) is 4.79 Å². The summed E-state index contributed by atoms with van der Waals surface area (Å²) in [6, 6.07) is 5.59. The van der Waals surface area contributed by atoms with Gasteiger partial charge in [-0.1, -0.05) is 6.07 Å². The van der Waals surface area contributed by atoms with Gasteiger partial charge in [0, 0.05) is 25.2 Å². The molecule has 2 saturated heterocycles. The maximum Gasteiger partial charge on any atom is 0.275 e. The number of nitrogens with zero attached hydrogens (tertiary/aromatic N) is 3. The SMILES string of the molecule is O=C(c1cocn1)N1CCC[C@]2(C[C@@H](Oc3ccccn3)CO2)C1. The first-order chi connectivity index (χ1) is 11.7. The lowest BCUT2D eigenvalue weighted by Crippen LogP contribution is -2.50. The molecule has 0 radical (unpaired) electrons. The zero-order valence-corrected chi connectivity index (χ0v) is 13.3. The second kappa shape index (κ2) is 6.24. The van der Waals surface area contributed by atoms with Crippen LogP contribution < -0.4 is 4.74 Å². The molecule has 2 aromatic rings. The van der Waals surface area contributed by atoms with E-state index in [0.29, 0.717) is 31.3 Å². The normalized spacial score (nSPS) is 26.7. The van der Waals surface area contributed by atoms with Crippen LogP contribution in [0.1, 0.15) is 29.8 Å². The number of likely N-dealkylation sites (tertiary alicyclic amines) is 1. The number of piperidine rings is 1. The van der Waals surface area contributed by atoms with Crippen molar-refractivity contribution < 1.29 is 18.7 Å². The minimum absolute atomic E-state index is 0.0398. The van der Waals surface area contributed by atoms with Gasteiger partial charge in [-0.15, -0.1) is 0 Å². The largest absolute Gasteiger partial charge is 0.472 e. The summed E-state index contributed by atoms with van der Waals surface area (Å²) in [6.07, 6.45) is 6.91. The standard InChI is InChI=1S/C17H19N3O4/c21-16(14-10-22-12-19-14)20-7-3-5-17(11-20)8-13(9-23-17)24-15-4-1-2-6-18-15/h1-2,4,6,10,12-13H,3,5,7-9,11H2/t13-,17+/m1/s1. The minimum atomic E-state index is -0.336. The number of hydrogen-bond donors (Lipinski definition) is 0. The summed E-state index contributed by atoms with van der Waals surface area (Å²) in [4.78, 5) is 22.4. The molecular weight excluding hydrogens is 310 g/mol. The van der Waals surface area contributed by atoms with E-state index in [1.807, 2.05) is 18.2 Å². The van der Waals surface area contributed by atoms with E-state index in [2.05, 4.69) is 9.97 Å². The topological polar surface area (TPSA) is 77.7 Å². The fraction of sp³-hybridized carbons (Fsp3) is 0.471. The molecule has 4 rings (SSSR count). The van der Waals surface area contributed by atoms with Gasteiger partial charge in [0.05, 0.1) is 18.8 Å². The third-order valence-electron chi connectivity index (χ3n) is 4.58. The minimum Gasteiger partial charge on any atom is -0.472 e. The highest BCUT2D eigenvalue weighted by Crippen LogP contribution is 2.36. The molecule has 1 spiro atoms. The zero-order valence-electron chi connectivity index (χ0n) is 13.3. The van der Waals surface area contributed by atoms with Gasteiger partial charge in [0.15, 0.2) is 12.1 Å². The van der Waals surface area contributed by atoms with Crippen molar-refractivity contribution in [1.82, 2.24) is 14.9 Å². The van der Waals surface area contributed by atoms with Crippen molar-refractivity contribution >= 4 is 5.91 Å². The summed E-state index contributed by atoms with van der Waals surface area (Å²) >= 11 is 0. The van der Waals surface area contributed by atoms with Gasteiger partial charge >= 0.3 is 0 Å². The van der Waals surface area contributed by atoms with E-state index in [4.69, 9.17) is 13.9 Å². The Morgan fingerprint density at radius 1 is 1.38 bits per heavy atom. The highest BCUT2D eigenvalue weighted by molar-refractivity contribution is 5.92. The Morgan fingerprint density at radius 3 is 3.12 bits per heavy atom. The van der Waals surface area contributed by atoms with E-state index in [-0.39, 0.29) is 17.6 Å². The van der Waals surface area contributed by atoms with E-state index in [0.717, 1.165) is 19.3 Å². The molecule has 126 valence electrons. The third kappa shape index (κ3) is 2.99. The maximum atomic E-state index is 12.5. The van der Waals surface area contributed by atoms with Gasteiger partial charge in [-0.05, 0) is 18.9 Å². The Bertz CT molecular complexity index is 691. The molecule has 24 heavy (non-hydrogen) atoms. The van der Waals surface area contributed by atoms with Crippen LogP contribution in [0.15, 0.2) is 41.5 Å². The van der Waals surface area contributed by atoms with Crippen LogP contribution in [-0.4, -0.2) is 52.2 Å². The Labute approximate surface area is 139 Å². The van der Waals surface area contributed by atoms with Crippen LogP contribution >= 0.6 is 0 Å². The summed E-state index contributed by atoms with van der Waals surface area (Å²) in [5.74, 6) is 0.495. The van der Waals surface area contributed by atoms with E-state index in [1.54, 1.807) is 11.1 Å².